The minimum atomic E-state index is -1.02. The Bertz CT molecular complexity index is 404. The highest BCUT2D eigenvalue weighted by atomic mass is 19.1. The van der Waals surface area contributed by atoms with Crippen LogP contribution in [0, 0.1) is 12.7 Å². The lowest BCUT2D eigenvalue weighted by atomic mass is 10.2. The molecule has 0 fully saturated rings. The first-order chi connectivity index (χ1) is 7.04. The molecule has 1 N–H and O–H groups in total. The number of carbonyl (C=O) groups excluding carboxylic acids is 2. The van der Waals surface area contributed by atoms with E-state index in [-0.39, 0.29) is 5.69 Å². The highest BCUT2D eigenvalue weighted by molar-refractivity contribution is 6.37. The largest absolute Gasteiger partial charge is 0.462 e. The molecule has 1 rings (SSSR count). The molecule has 0 aliphatic carbocycles. The van der Waals surface area contributed by atoms with Gasteiger partial charge in [0.1, 0.15) is 5.82 Å². The van der Waals surface area contributed by atoms with Crippen molar-refractivity contribution >= 4 is 17.6 Å². The molecule has 1 amide bonds. The number of nitrogens with one attached hydrogen (secondary N) is 1. The summed E-state index contributed by atoms with van der Waals surface area (Å²) in [5, 5.41) is 2.25. The van der Waals surface area contributed by atoms with E-state index in [1.165, 1.54) is 12.1 Å². The number of anilines is 1. The van der Waals surface area contributed by atoms with Crippen LogP contribution in [0.2, 0.25) is 0 Å². The average molecular weight is 211 g/mol. The van der Waals surface area contributed by atoms with E-state index in [0.29, 0.717) is 5.56 Å². The first kappa shape index (κ1) is 11.2. The highest BCUT2D eigenvalue weighted by Gasteiger charge is 2.14. The van der Waals surface area contributed by atoms with Gasteiger partial charge in [-0.15, -0.1) is 0 Å². The third-order valence-electron chi connectivity index (χ3n) is 1.82. The van der Waals surface area contributed by atoms with E-state index >= 15 is 0 Å². The lowest BCUT2D eigenvalue weighted by Crippen LogP contribution is -2.24. The van der Waals surface area contributed by atoms with Gasteiger partial charge in [0.05, 0.1) is 7.11 Å². The molecule has 0 heterocycles. The van der Waals surface area contributed by atoms with Crippen LogP contribution in [0.5, 0.6) is 0 Å². The summed E-state index contributed by atoms with van der Waals surface area (Å²) < 4.78 is 17.0. The zero-order valence-electron chi connectivity index (χ0n) is 8.33. The quantitative estimate of drug-likeness (QED) is 0.561. The van der Waals surface area contributed by atoms with Crippen molar-refractivity contribution in [3.05, 3.63) is 29.6 Å². The number of esters is 1. The Labute approximate surface area is 86.0 Å². The van der Waals surface area contributed by atoms with Crippen molar-refractivity contribution in [1.29, 1.82) is 0 Å². The second kappa shape index (κ2) is 4.54. The van der Waals surface area contributed by atoms with Gasteiger partial charge in [0.15, 0.2) is 0 Å². The van der Waals surface area contributed by atoms with E-state index < -0.39 is 17.7 Å². The number of hydrogen-bond donors (Lipinski definition) is 1. The maximum Gasteiger partial charge on any atom is 0.396 e. The summed E-state index contributed by atoms with van der Waals surface area (Å²) >= 11 is 0. The minimum absolute atomic E-state index is 0.255. The molecule has 4 nitrogen and oxygen atoms in total. The molecule has 0 saturated heterocycles. The zero-order valence-corrected chi connectivity index (χ0v) is 8.33. The molecule has 15 heavy (non-hydrogen) atoms. The Balaban J connectivity index is 2.85. The smallest absolute Gasteiger partial charge is 0.396 e. The van der Waals surface area contributed by atoms with Crippen LogP contribution in [0.15, 0.2) is 18.2 Å². The second-order valence-electron chi connectivity index (χ2n) is 2.90. The van der Waals surface area contributed by atoms with Crippen LogP contribution in [0.3, 0.4) is 0 Å². The zero-order chi connectivity index (χ0) is 11.4. The lowest BCUT2D eigenvalue weighted by molar-refractivity contribution is -0.150. The van der Waals surface area contributed by atoms with Gasteiger partial charge in [-0.1, -0.05) is 6.07 Å². The molecule has 1 aromatic rings. The fourth-order valence-electron chi connectivity index (χ4n) is 0.995. The van der Waals surface area contributed by atoms with E-state index in [0.717, 1.165) is 13.2 Å². The SMILES string of the molecule is COC(=O)C(=O)Nc1cc(F)ccc1C. The Morgan fingerprint density at radius 3 is 2.67 bits per heavy atom. The number of aryl methyl sites for hydroxylation is 1. The summed E-state index contributed by atoms with van der Waals surface area (Å²) in [6.07, 6.45) is 0. The molecule has 0 radical (unpaired) electrons. The number of carbonyl (C=O) groups is 2. The molecule has 0 aliphatic heterocycles. The van der Waals surface area contributed by atoms with E-state index in [2.05, 4.69) is 10.1 Å². The summed E-state index contributed by atoms with van der Waals surface area (Å²) in [6.45, 7) is 1.69. The number of ether oxygens (including phenoxy) is 1. The minimum Gasteiger partial charge on any atom is -0.462 e. The van der Waals surface area contributed by atoms with Gasteiger partial charge in [-0.05, 0) is 24.6 Å². The van der Waals surface area contributed by atoms with Gasteiger partial charge in [-0.25, -0.2) is 9.18 Å². The summed E-state index contributed by atoms with van der Waals surface area (Å²) in [4.78, 5) is 21.9. The topological polar surface area (TPSA) is 55.4 Å². The van der Waals surface area contributed by atoms with Crippen LogP contribution in [-0.2, 0) is 14.3 Å². The summed E-state index contributed by atoms with van der Waals surface area (Å²) in [5.41, 5.74) is 0.916. The summed E-state index contributed by atoms with van der Waals surface area (Å²) in [7, 11) is 1.10. The van der Waals surface area contributed by atoms with Crippen molar-refractivity contribution in [2.24, 2.45) is 0 Å². The molecular formula is C10H10FNO3. The van der Waals surface area contributed by atoms with Gasteiger partial charge in [0.2, 0.25) is 0 Å². The van der Waals surface area contributed by atoms with Gasteiger partial charge in [0.25, 0.3) is 0 Å². The number of hydrogen-bond acceptors (Lipinski definition) is 3. The van der Waals surface area contributed by atoms with Crippen molar-refractivity contribution in [2.45, 2.75) is 6.92 Å². The number of benzene rings is 1. The molecule has 0 unspecified atom stereocenters. The first-order valence-electron chi connectivity index (χ1n) is 4.20. The predicted molar refractivity (Wildman–Crippen MR) is 51.8 cm³/mol. The highest BCUT2D eigenvalue weighted by Crippen LogP contribution is 2.15. The van der Waals surface area contributed by atoms with Crippen molar-refractivity contribution in [2.75, 3.05) is 12.4 Å². The monoisotopic (exact) mass is 211 g/mol. The van der Waals surface area contributed by atoms with Crippen molar-refractivity contribution in [3.63, 3.8) is 0 Å². The fourth-order valence-corrected chi connectivity index (χ4v) is 0.995. The number of methoxy groups -OCH3 is 1. The predicted octanol–water partition coefficient (Wildman–Crippen LogP) is 1.25. The van der Waals surface area contributed by atoms with Crippen molar-refractivity contribution in [3.8, 4) is 0 Å². The molecule has 0 spiro atoms. The lowest BCUT2D eigenvalue weighted by Gasteiger charge is -2.06. The molecule has 0 aromatic heterocycles. The average Bonchev–Trinajstić information content (AvgIpc) is 2.22. The molecule has 80 valence electrons. The fraction of sp³-hybridized carbons (Fsp3) is 0.200. The Morgan fingerprint density at radius 2 is 2.07 bits per heavy atom. The molecule has 5 heteroatoms. The van der Waals surface area contributed by atoms with Gasteiger partial charge in [-0.3, -0.25) is 4.79 Å². The summed E-state index contributed by atoms with van der Waals surface area (Å²) in [6, 6.07) is 3.90. The molecule has 0 bridgehead atoms. The normalized spacial score (nSPS) is 9.53. The van der Waals surface area contributed by atoms with Crippen LogP contribution in [0.25, 0.3) is 0 Å². The van der Waals surface area contributed by atoms with E-state index in [9.17, 15) is 14.0 Å². The molecule has 0 aliphatic rings. The van der Waals surface area contributed by atoms with Gasteiger partial charge >= 0.3 is 11.9 Å². The van der Waals surface area contributed by atoms with Crippen LogP contribution >= 0.6 is 0 Å². The number of rotatable bonds is 1. The Hall–Kier alpha value is -1.91. The van der Waals surface area contributed by atoms with Crippen LogP contribution in [0.4, 0.5) is 10.1 Å². The maximum absolute atomic E-state index is 12.8. The van der Waals surface area contributed by atoms with Gasteiger partial charge in [-0.2, -0.15) is 0 Å². The third-order valence-corrected chi connectivity index (χ3v) is 1.82. The maximum atomic E-state index is 12.8. The number of halogens is 1. The van der Waals surface area contributed by atoms with Crippen LogP contribution < -0.4 is 5.32 Å². The van der Waals surface area contributed by atoms with Crippen LogP contribution in [-0.4, -0.2) is 19.0 Å². The standard InChI is InChI=1S/C10H10FNO3/c1-6-3-4-7(11)5-8(6)12-9(13)10(14)15-2/h3-5H,1-2H3,(H,12,13). The van der Waals surface area contributed by atoms with Gasteiger partial charge < -0.3 is 10.1 Å². The molecule has 1 aromatic carbocycles. The van der Waals surface area contributed by atoms with Gasteiger partial charge in [0, 0.05) is 5.69 Å². The molecule has 0 saturated carbocycles. The van der Waals surface area contributed by atoms with E-state index in [1.807, 2.05) is 0 Å². The van der Waals surface area contributed by atoms with Crippen LogP contribution in [0.1, 0.15) is 5.56 Å². The Morgan fingerprint density at radius 1 is 1.40 bits per heavy atom. The first-order valence-corrected chi connectivity index (χ1v) is 4.20. The third kappa shape index (κ3) is 2.77. The van der Waals surface area contributed by atoms with Crippen molar-refractivity contribution < 1.29 is 18.7 Å². The van der Waals surface area contributed by atoms with E-state index in [1.54, 1.807) is 6.92 Å². The van der Waals surface area contributed by atoms with E-state index in [4.69, 9.17) is 0 Å². The second-order valence-corrected chi connectivity index (χ2v) is 2.90. The molecular weight excluding hydrogens is 201 g/mol. The summed E-state index contributed by atoms with van der Waals surface area (Å²) in [5.74, 6) is -2.43. The number of amides is 1. The van der Waals surface area contributed by atoms with Crippen molar-refractivity contribution in [1.82, 2.24) is 0 Å². The molecule has 0 atom stereocenters. The Kier molecular flexibility index (Phi) is 3.38.